The van der Waals surface area contributed by atoms with Crippen molar-refractivity contribution in [2.24, 2.45) is 0 Å². The summed E-state index contributed by atoms with van der Waals surface area (Å²) in [5, 5.41) is 6.67. The van der Waals surface area contributed by atoms with Crippen molar-refractivity contribution in [3.05, 3.63) is 99.2 Å². The van der Waals surface area contributed by atoms with Crippen LogP contribution in [0.3, 0.4) is 0 Å². The normalized spacial score (nSPS) is 11.9. The average molecular weight is 427 g/mol. The van der Waals surface area contributed by atoms with E-state index in [1.165, 1.54) is 0 Å². The number of anilines is 1. The first kappa shape index (κ1) is 21.4. The van der Waals surface area contributed by atoms with Crippen molar-refractivity contribution < 1.29 is 9.21 Å². The van der Waals surface area contributed by atoms with Crippen LogP contribution in [0.2, 0.25) is 0 Å². The van der Waals surface area contributed by atoms with Gasteiger partial charge < -0.3 is 15.1 Å². The smallest absolute Gasteiger partial charge is 0.253 e. The van der Waals surface area contributed by atoms with Crippen LogP contribution in [-0.2, 0) is 0 Å². The van der Waals surface area contributed by atoms with Crippen molar-refractivity contribution in [3.63, 3.8) is 0 Å². The molecule has 2 N–H and O–H groups in total. The zero-order valence-corrected chi connectivity index (χ0v) is 18.7. The Morgan fingerprint density at radius 2 is 1.66 bits per heavy atom. The standard InChI is InChI=1S/C27H26N2O3/c1-16-14-21(18(3)29-23-13-9-8-12-20(23)27(31)28-4)26-22(15-16)24(30)17(2)25(32-26)19-10-6-5-7-11-19/h5-15,18,29H,1-4H3,(H,28,31). The Morgan fingerprint density at radius 1 is 0.969 bits per heavy atom. The van der Waals surface area contributed by atoms with E-state index in [1.807, 2.05) is 74.5 Å². The molecule has 0 aliphatic carbocycles. The van der Waals surface area contributed by atoms with Crippen molar-refractivity contribution in [1.29, 1.82) is 0 Å². The van der Waals surface area contributed by atoms with E-state index in [0.29, 0.717) is 33.5 Å². The van der Waals surface area contributed by atoms with Crippen molar-refractivity contribution in [1.82, 2.24) is 5.32 Å². The van der Waals surface area contributed by atoms with E-state index in [1.54, 1.807) is 20.0 Å². The highest BCUT2D eigenvalue weighted by molar-refractivity contribution is 5.99. The Kier molecular flexibility index (Phi) is 5.82. The summed E-state index contributed by atoms with van der Waals surface area (Å²) in [5.74, 6) is 0.411. The van der Waals surface area contributed by atoms with Gasteiger partial charge in [0.1, 0.15) is 11.3 Å². The zero-order chi connectivity index (χ0) is 22.8. The highest BCUT2D eigenvalue weighted by atomic mass is 16.3. The molecule has 4 aromatic rings. The molecule has 1 unspecified atom stereocenters. The van der Waals surface area contributed by atoms with E-state index in [4.69, 9.17) is 4.42 Å². The number of aryl methyl sites for hydroxylation is 1. The molecule has 5 nitrogen and oxygen atoms in total. The number of hydrogen-bond donors (Lipinski definition) is 2. The van der Waals surface area contributed by atoms with Gasteiger partial charge in [-0.3, -0.25) is 9.59 Å². The van der Waals surface area contributed by atoms with Crippen molar-refractivity contribution in [2.45, 2.75) is 26.8 Å². The lowest BCUT2D eigenvalue weighted by molar-refractivity contribution is 0.0964. The van der Waals surface area contributed by atoms with Crippen molar-refractivity contribution in [2.75, 3.05) is 12.4 Å². The quantitative estimate of drug-likeness (QED) is 0.435. The second-order valence-corrected chi connectivity index (χ2v) is 7.97. The predicted molar refractivity (Wildman–Crippen MR) is 129 cm³/mol. The summed E-state index contributed by atoms with van der Waals surface area (Å²) >= 11 is 0. The van der Waals surface area contributed by atoms with Gasteiger partial charge in [-0.05, 0) is 44.5 Å². The first-order valence-electron chi connectivity index (χ1n) is 10.6. The molecule has 1 atom stereocenters. The second kappa shape index (κ2) is 8.71. The fourth-order valence-electron chi connectivity index (χ4n) is 4.01. The Hall–Kier alpha value is -3.86. The Labute approximate surface area is 187 Å². The van der Waals surface area contributed by atoms with Crippen LogP contribution in [0.4, 0.5) is 5.69 Å². The number of hydrogen-bond acceptors (Lipinski definition) is 4. The summed E-state index contributed by atoms with van der Waals surface area (Å²) in [5.41, 5.74) is 5.08. The lowest BCUT2D eigenvalue weighted by Gasteiger charge is -2.20. The fourth-order valence-corrected chi connectivity index (χ4v) is 4.01. The highest BCUT2D eigenvalue weighted by Gasteiger charge is 2.20. The molecule has 0 aliphatic rings. The van der Waals surface area contributed by atoms with Crippen LogP contribution in [0.5, 0.6) is 0 Å². The van der Waals surface area contributed by atoms with Gasteiger partial charge in [-0.2, -0.15) is 0 Å². The van der Waals surface area contributed by atoms with Gasteiger partial charge in [0.2, 0.25) is 0 Å². The van der Waals surface area contributed by atoms with Gasteiger partial charge in [-0.1, -0.05) is 48.5 Å². The third kappa shape index (κ3) is 3.89. The summed E-state index contributed by atoms with van der Waals surface area (Å²) in [4.78, 5) is 25.5. The number of para-hydroxylation sites is 1. The van der Waals surface area contributed by atoms with Gasteiger partial charge in [-0.15, -0.1) is 0 Å². The molecule has 0 fully saturated rings. The number of rotatable bonds is 5. The maximum absolute atomic E-state index is 13.3. The minimum absolute atomic E-state index is 0.0342. The molecular weight excluding hydrogens is 400 g/mol. The zero-order valence-electron chi connectivity index (χ0n) is 18.7. The molecule has 0 saturated carbocycles. The van der Waals surface area contributed by atoms with Crippen molar-refractivity contribution in [3.8, 4) is 11.3 Å². The number of amides is 1. The molecule has 162 valence electrons. The molecule has 1 aromatic heterocycles. The van der Waals surface area contributed by atoms with Crippen LogP contribution in [-0.4, -0.2) is 13.0 Å². The minimum Gasteiger partial charge on any atom is -0.455 e. The van der Waals surface area contributed by atoms with Gasteiger partial charge in [0.25, 0.3) is 5.91 Å². The summed E-state index contributed by atoms with van der Waals surface area (Å²) in [6.07, 6.45) is 0. The molecular formula is C27H26N2O3. The van der Waals surface area contributed by atoms with Crippen LogP contribution >= 0.6 is 0 Å². The van der Waals surface area contributed by atoms with Crippen LogP contribution in [0.25, 0.3) is 22.3 Å². The summed E-state index contributed by atoms with van der Waals surface area (Å²) in [6, 6.07) is 20.7. The average Bonchev–Trinajstić information content (AvgIpc) is 2.81. The summed E-state index contributed by atoms with van der Waals surface area (Å²) in [7, 11) is 1.61. The van der Waals surface area contributed by atoms with Gasteiger partial charge in [0.15, 0.2) is 5.43 Å². The van der Waals surface area contributed by atoms with E-state index < -0.39 is 0 Å². The van der Waals surface area contributed by atoms with Gasteiger partial charge in [0.05, 0.1) is 17.0 Å². The molecule has 0 bridgehead atoms. The fraction of sp³-hybridized carbons (Fsp3) is 0.185. The molecule has 0 spiro atoms. The predicted octanol–water partition coefficient (Wildman–Crippen LogP) is 5.61. The van der Waals surface area contributed by atoms with E-state index in [0.717, 1.165) is 16.7 Å². The van der Waals surface area contributed by atoms with Gasteiger partial charge in [-0.25, -0.2) is 0 Å². The van der Waals surface area contributed by atoms with E-state index in [9.17, 15) is 9.59 Å². The Bertz CT molecular complexity index is 1360. The van der Waals surface area contributed by atoms with Crippen LogP contribution in [0, 0.1) is 13.8 Å². The molecule has 1 heterocycles. The van der Waals surface area contributed by atoms with Crippen LogP contribution < -0.4 is 16.1 Å². The summed E-state index contributed by atoms with van der Waals surface area (Å²) < 4.78 is 6.38. The third-order valence-corrected chi connectivity index (χ3v) is 5.67. The first-order valence-corrected chi connectivity index (χ1v) is 10.6. The number of carbonyl (C=O) groups is 1. The molecule has 4 rings (SSSR count). The first-order chi connectivity index (χ1) is 15.4. The molecule has 0 saturated heterocycles. The van der Waals surface area contributed by atoms with Gasteiger partial charge >= 0.3 is 0 Å². The number of carbonyl (C=O) groups excluding carboxylic acids is 1. The monoisotopic (exact) mass is 426 g/mol. The van der Waals surface area contributed by atoms with Crippen molar-refractivity contribution >= 4 is 22.6 Å². The molecule has 1 amide bonds. The highest BCUT2D eigenvalue weighted by Crippen LogP contribution is 2.32. The van der Waals surface area contributed by atoms with E-state index in [-0.39, 0.29) is 17.4 Å². The molecule has 3 aromatic carbocycles. The summed E-state index contributed by atoms with van der Waals surface area (Å²) in [6.45, 7) is 5.77. The molecule has 5 heteroatoms. The van der Waals surface area contributed by atoms with E-state index >= 15 is 0 Å². The van der Waals surface area contributed by atoms with Gasteiger partial charge in [0, 0.05) is 29.4 Å². The SMILES string of the molecule is CNC(=O)c1ccccc1NC(C)c1cc(C)cc2c(=O)c(C)c(-c3ccccc3)oc12. The third-order valence-electron chi connectivity index (χ3n) is 5.67. The number of fused-ring (bicyclic) bond motifs is 1. The Morgan fingerprint density at radius 3 is 2.38 bits per heavy atom. The maximum Gasteiger partial charge on any atom is 0.253 e. The topological polar surface area (TPSA) is 71.3 Å². The van der Waals surface area contributed by atoms with Crippen LogP contribution in [0.1, 0.15) is 40.0 Å². The lowest BCUT2D eigenvalue weighted by Crippen LogP contribution is -2.20. The number of nitrogens with one attached hydrogen (secondary N) is 2. The lowest BCUT2D eigenvalue weighted by atomic mass is 9.98. The molecule has 0 radical (unpaired) electrons. The molecule has 32 heavy (non-hydrogen) atoms. The molecule has 0 aliphatic heterocycles. The Balaban J connectivity index is 1.87. The maximum atomic E-state index is 13.3. The largest absolute Gasteiger partial charge is 0.455 e. The minimum atomic E-state index is -0.210. The van der Waals surface area contributed by atoms with E-state index in [2.05, 4.69) is 10.6 Å². The second-order valence-electron chi connectivity index (χ2n) is 7.97. The number of benzene rings is 3. The van der Waals surface area contributed by atoms with Crippen LogP contribution in [0.15, 0.2) is 75.9 Å².